The number of carbonyl (C=O) groups excluding carboxylic acids is 1. The molecule has 2 unspecified atom stereocenters. The minimum Gasteiger partial charge on any atom is -0.387 e. The highest BCUT2D eigenvalue weighted by Gasteiger charge is 2.32. The fourth-order valence-electron chi connectivity index (χ4n) is 2.73. The van der Waals surface area contributed by atoms with Crippen molar-refractivity contribution >= 4 is 11.7 Å². The van der Waals surface area contributed by atoms with Crippen LogP contribution in [0.2, 0.25) is 0 Å². The van der Waals surface area contributed by atoms with Crippen molar-refractivity contribution in [2.75, 3.05) is 24.6 Å². The first kappa shape index (κ1) is 13.8. The van der Waals surface area contributed by atoms with Crippen LogP contribution in [-0.4, -0.2) is 52.7 Å². The van der Waals surface area contributed by atoms with Crippen molar-refractivity contribution in [1.82, 2.24) is 9.88 Å². The predicted molar refractivity (Wildman–Crippen MR) is 74.0 cm³/mol. The Bertz CT molecular complexity index is 435. The van der Waals surface area contributed by atoms with Crippen LogP contribution in [0.25, 0.3) is 0 Å². The van der Waals surface area contributed by atoms with Gasteiger partial charge in [-0.2, -0.15) is 0 Å². The second-order valence-electron chi connectivity index (χ2n) is 5.26. The lowest BCUT2D eigenvalue weighted by atomic mass is 10.1. The van der Waals surface area contributed by atoms with Gasteiger partial charge in [0.25, 0.3) is 0 Å². The van der Waals surface area contributed by atoms with Crippen LogP contribution in [0.15, 0.2) is 18.3 Å². The Balaban J connectivity index is 2.13. The summed E-state index contributed by atoms with van der Waals surface area (Å²) >= 11 is 0. The summed E-state index contributed by atoms with van der Waals surface area (Å²) in [6.07, 6.45) is 1.86. The molecule has 5 nitrogen and oxygen atoms in total. The van der Waals surface area contributed by atoms with Crippen molar-refractivity contribution in [2.45, 2.75) is 32.9 Å². The van der Waals surface area contributed by atoms with E-state index in [0.29, 0.717) is 0 Å². The number of hydrogen-bond acceptors (Lipinski definition) is 4. The molecule has 0 aromatic carbocycles. The number of carbonyl (C=O) groups is 1. The minimum atomic E-state index is -0.419. The molecular formula is C14H21N3O2. The smallest absolute Gasteiger partial charge is 0.248 e. The molecule has 2 heterocycles. The highest BCUT2D eigenvalue weighted by atomic mass is 16.3. The maximum Gasteiger partial charge on any atom is 0.248 e. The Morgan fingerprint density at radius 2 is 2.00 bits per heavy atom. The van der Waals surface area contributed by atoms with Gasteiger partial charge in [-0.25, -0.2) is 4.98 Å². The van der Waals surface area contributed by atoms with Gasteiger partial charge in [-0.15, -0.1) is 0 Å². The van der Waals surface area contributed by atoms with Crippen LogP contribution < -0.4 is 4.90 Å². The third-order valence-corrected chi connectivity index (χ3v) is 3.56. The van der Waals surface area contributed by atoms with Crippen molar-refractivity contribution in [1.29, 1.82) is 0 Å². The third kappa shape index (κ3) is 2.87. The summed E-state index contributed by atoms with van der Waals surface area (Å²) in [4.78, 5) is 20.1. The molecular weight excluding hydrogens is 242 g/mol. The van der Waals surface area contributed by atoms with E-state index < -0.39 is 6.61 Å². The number of piperazine rings is 1. The van der Waals surface area contributed by atoms with Crippen molar-refractivity contribution < 1.29 is 9.90 Å². The van der Waals surface area contributed by atoms with Crippen LogP contribution in [0, 0.1) is 6.92 Å². The lowest BCUT2D eigenvalue weighted by Gasteiger charge is -2.44. The quantitative estimate of drug-likeness (QED) is 0.858. The monoisotopic (exact) mass is 263 g/mol. The molecule has 2 rings (SSSR count). The van der Waals surface area contributed by atoms with Gasteiger partial charge in [0.15, 0.2) is 0 Å². The van der Waals surface area contributed by atoms with Crippen LogP contribution in [0.3, 0.4) is 0 Å². The molecule has 1 amide bonds. The molecule has 1 aromatic rings. The topological polar surface area (TPSA) is 56.7 Å². The number of pyridine rings is 1. The fraction of sp³-hybridized carbons (Fsp3) is 0.571. The van der Waals surface area contributed by atoms with Crippen LogP contribution >= 0.6 is 0 Å². The number of rotatable bonds is 2. The van der Waals surface area contributed by atoms with Gasteiger partial charge >= 0.3 is 0 Å². The van der Waals surface area contributed by atoms with E-state index in [1.54, 1.807) is 4.90 Å². The first-order valence-electron chi connectivity index (χ1n) is 6.62. The number of aliphatic hydroxyl groups excluding tert-OH is 1. The van der Waals surface area contributed by atoms with Crippen molar-refractivity contribution in [3.05, 3.63) is 23.9 Å². The summed E-state index contributed by atoms with van der Waals surface area (Å²) in [5.41, 5.74) is 1.14. The zero-order valence-corrected chi connectivity index (χ0v) is 11.7. The molecule has 2 atom stereocenters. The second-order valence-corrected chi connectivity index (χ2v) is 5.26. The highest BCUT2D eigenvalue weighted by molar-refractivity contribution is 5.78. The molecule has 1 N–H and O–H groups in total. The average molecular weight is 263 g/mol. The lowest BCUT2D eigenvalue weighted by Crippen LogP contribution is -2.59. The summed E-state index contributed by atoms with van der Waals surface area (Å²) < 4.78 is 0. The summed E-state index contributed by atoms with van der Waals surface area (Å²) in [7, 11) is 0. The molecule has 0 aliphatic carbocycles. The van der Waals surface area contributed by atoms with Crippen molar-refractivity contribution in [3.8, 4) is 0 Å². The summed E-state index contributed by atoms with van der Waals surface area (Å²) in [6.45, 7) is 7.09. The number of amides is 1. The molecule has 1 fully saturated rings. The SMILES string of the molecule is Cc1ccc(N2CC(C)N(C(=O)CO)C(C)C2)nc1. The third-order valence-electron chi connectivity index (χ3n) is 3.56. The van der Waals surface area contributed by atoms with E-state index in [1.165, 1.54) is 0 Å². The Morgan fingerprint density at radius 1 is 1.37 bits per heavy atom. The summed E-state index contributed by atoms with van der Waals surface area (Å²) in [5, 5.41) is 9.02. The molecule has 1 aliphatic rings. The highest BCUT2D eigenvalue weighted by Crippen LogP contribution is 2.21. The van der Waals surface area contributed by atoms with Crippen LogP contribution in [-0.2, 0) is 4.79 Å². The van der Waals surface area contributed by atoms with Gasteiger partial charge in [0.2, 0.25) is 5.91 Å². The van der Waals surface area contributed by atoms with Gasteiger partial charge in [-0.05, 0) is 32.4 Å². The maximum atomic E-state index is 11.7. The van der Waals surface area contributed by atoms with E-state index >= 15 is 0 Å². The van der Waals surface area contributed by atoms with E-state index in [-0.39, 0.29) is 18.0 Å². The van der Waals surface area contributed by atoms with Crippen molar-refractivity contribution in [2.24, 2.45) is 0 Å². The van der Waals surface area contributed by atoms with Gasteiger partial charge in [-0.1, -0.05) is 6.07 Å². The van der Waals surface area contributed by atoms with E-state index in [1.807, 2.05) is 39.1 Å². The van der Waals surface area contributed by atoms with Crippen LogP contribution in [0.1, 0.15) is 19.4 Å². The fourth-order valence-corrected chi connectivity index (χ4v) is 2.73. The van der Waals surface area contributed by atoms with Gasteiger partial charge in [0, 0.05) is 31.4 Å². The van der Waals surface area contributed by atoms with Gasteiger partial charge in [0.1, 0.15) is 12.4 Å². The van der Waals surface area contributed by atoms with Crippen LogP contribution in [0.4, 0.5) is 5.82 Å². The van der Waals surface area contributed by atoms with E-state index in [9.17, 15) is 4.79 Å². The molecule has 104 valence electrons. The molecule has 1 aromatic heterocycles. The Labute approximate surface area is 113 Å². The van der Waals surface area contributed by atoms with E-state index in [2.05, 4.69) is 9.88 Å². The zero-order chi connectivity index (χ0) is 14.0. The molecule has 5 heteroatoms. The number of anilines is 1. The first-order valence-corrected chi connectivity index (χ1v) is 6.62. The number of aliphatic hydroxyl groups is 1. The number of aromatic nitrogens is 1. The molecule has 0 radical (unpaired) electrons. The normalized spacial score (nSPS) is 23.6. The number of nitrogens with zero attached hydrogens (tertiary/aromatic N) is 3. The van der Waals surface area contributed by atoms with Gasteiger partial charge in [0.05, 0.1) is 0 Å². The van der Waals surface area contributed by atoms with Gasteiger partial charge < -0.3 is 14.9 Å². The molecule has 1 saturated heterocycles. The minimum absolute atomic E-state index is 0.0755. The number of aryl methyl sites for hydroxylation is 1. The largest absolute Gasteiger partial charge is 0.387 e. The maximum absolute atomic E-state index is 11.7. The standard InChI is InChI=1S/C14H21N3O2/c1-10-4-5-13(15-6-10)16-7-11(2)17(12(3)8-16)14(19)9-18/h4-6,11-12,18H,7-9H2,1-3H3. The Morgan fingerprint density at radius 3 is 2.47 bits per heavy atom. The molecule has 19 heavy (non-hydrogen) atoms. The first-order chi connectivity index (χ1) is 9.02. The van der Waals surface area contributed by atoms with E-state index in [0.717, 1.165) is 24.5 Å². The molecule has 0 saturated carbocycles. The van der Waals surface area contributed by atoms with Crippen LogP contribution in [0.5, 0.6) is 0 Å². The van der Waals surface area contributed by atoms with E-state index in [4.69, 9.17) is 5.11 Å². The predicted octanol–water partition coefficient (Wildman–Crippen LogP) is 0.808. The Kier molecular flexibility index (Phi) is 4.04. The summed E-state index contributed by atoms with van der Waals surface area (Å²) in [5.74, 6) is 0.747. The molecule has 1 aliphatic heterocycles. The van der Waals surface area contributed by atoms with Crippen molar-refractivity contribution in [3.63, 3.8) is 0 Å². The number of hydrogen-bond donors (Lipinski definition) is 1. The lowest BCUT2D eigenvalue weighted by molar-refractivity contribution is -0.139. The van der Waals surface area contributed by atoms with Gasteiger partial charge in [-0.3, -0.25) is 4.79 Å². The second kappa shape index (κ2) is 5.57. The molecule has 0 bridgehead atoms. The summed E-state index contributed by atoms with van der Waals surface area (Å²) in [6, 6.07) is 4.21. The zero-order valence-electron chi connectivity index (χ0n) is 11.7. The average Bonchev–Trinajstić information content (AvgIpc) is 2.38. The molecule has 0 spiro atoms. The Hall–Kier alpha value is -1.62.